The van der Waals surface area contributed by atoms with Gasteiger partial charge in [-0.1, -0.05) is 6.07 Å². The summed E-state index contributed by atoms with van der Waals surface area (Å²) in [7, 11) is 1.95. The van der Waals surface area contributed by atoms with Crippen LogP contribution in [0.3, 0.4) is 0 Å². The van der Waals surface area contributed by atoms with Crippen molar-refractivity contribution in [1.29, 1.82) is 0 Å². The van der Waals surface area contributed by atoms with E-state index in [1.54, 1.807) is 6.20 Å². The Balaban J connectivity index is 1.79. The fourth-order valence-corrected chi connectivity index (χ4v) is 2.07. The Labute approximate surface area is 108 Å². The van der Waals surface area contributed by atoms with Crippen LogP contribution in [-0.2, 0) is 11.3 Å². The number of hydrogen-bond acceptors (Lipinski definition) is 4. The highest BCUT2D eigenvalue weighted by Gasteiger charge is 2.17. The second-order valence-corrected chi connectivity index (χ2v) is 4.62. The minimum Gasteiger partial charge on any atom is -0.339 e. The maximum atomic E-state index is 12.0. The van der Waals surface area contributed by atoms with Gasteiger partial charge in [0.1, 0.15) is 0 Å². The Hall–Kier alpha value is -1.46. The molecule has 1 aromatic rings. The molecule has 2 rings (SSSR count). The molecule has 1 fully saturated rings. The molecule has 1 aliphatic heterocycles. The molecule has 5 nitrogen and oxygen atoms in total. The van der Waals surface area contributed by atoms with Crippen LogP contribution in [0.25, 0.3) is 0 Å². The second-order valence-electron chi connectivity index (χ2n) is 4.62. The molecule has 1 saturated heterocycles. The van der Waals surface area contributed by atoms with Gasteiger partial charge in [-0.15, -0.1) is 0 Å². The fraction of sp³-hybridized carbons (Fsp3) is 0.538. The van der Waals surface area contributed by atoms with Gasteiger partial charge in [-0.2, -0.15) is 0 Å². The van der Waals surface area contributed by atoms with Gasteiger partial charge in [0.2, 0.25) is 5.91 Å². The fourth-order valence-electron chi connectivity index (χ4n) is 2.07. The first-order chi connectivity index (χ1) is 8.75. The highest BCUT2D eigenvalue weighted by Crippen LogP contribution is 2.00. The van der Waals surface area contributed by atoms with Crippen molar-refractivity contribution in [3.8, 4) is 0 Å². The zero-order valence-corrected chi connectivity index (χ0v) is 10.8. The monoisotopic (exact) mass is 248 g/mol. The number of carbonyl (C=O) groups excluding carboxylic acids is 1. The zero-order valence-electron chi connectivity index (χ0n) is 10.8. The largest absolute Gasteiger partial charge is 0.339 e. The predicted octanol–water partition coefficient (Wildman–Crippen LogP) is -0.0548. The molecular formula is C13H20N4O. The summed E-state index contributed by atoms with van der Waals surface area (Å²) < 4.78 is 0. The van der Waals surface area contributed by atoms with Crippen molar-refractivity contribution in [1.82, 2.24) is 20.1 Å². The van der Waals surface area contributed by atoms with Crippen LogP contribution in [0.1, 0.15) is 5.69 Å². The maximum Gasteiger partial charge on any atom is 0.236 e. The SMILES string of the molecule is CN(CC(=O)N1CCNCC1)Cc1ccccn1. The van der Waals surface area contributed by atoms with Crippen molar-refractivity contribution in [2.45, 2.75) is 6.54 Å². The summed E-state index contributed by atoms with van der Waals surface area (Å²) in [6.07, 6.45) is 1.78. The summed E-state index contributed by atoms with van der Waals surface area (Å²) in [5.74, 6) is 0.204. The molecule has 1 aromatic heterocycles. The zero-order chi connectivity index (χ0) is 12.8. The third-order valence-electron chi connectivity index (χ3n) is 3.03. The van der Waals surface area contributed by atoms with Crippen LogP contribution >= 0.6 is 0 Å². The Morgan fingerprint density at radius 1 is 1.44 bits per heavy atom. The van der Waals surface area contributed by atoms with Crippen molar-refractivity contribution in [3.05, 3.63) is 30.1 Å². The Kier molecular flexibility index (Phi) is 4.66. The van der Waals surface area contributed by atoms with Gasteiger partial charge in [-0.05, 0) is 19.2 Å². The van der Waals surface area contributed by atoms with E-state index in [9.17, 15) is 4.79 Å². The number of aromatic nitrogens is 1. The highest BCUT2D eigenvalue weighted by molar-refractivity contribution is 5.78. The van der Waals surface area contributed by atoms with E-state index in [4.69, 9.17) is 0 Å². The van der Waals surface area contributed by atoms with Gasteiger partial charge in [0.05, 0.1) is 12.2 Å². The molecule has 2 heterocycles. The van der Waals surface area contributed by atoms with E-state index in [0.29, 0.717) is 13.1 Å². The number of rotatable bonds is 4. The van der Waals surface area contributed by atoms with Crippen LogP contribution in [0, 0.1) is 0 Å². The minimum absolute atomic E-state index is 0.204. The van der Waals surface area contributed by atoms with Crippen molar-refractivity contribution in [2.75, 3.05) is 39.8 Å². The highest BCUT2D eigenvalue weighted by atomic mass is 16.2. The smallest absolute Gasteiger partial charge is 0.236 e. The van der Waals surface area contributed by atoms with Gasteiger partial charge in [-0.3, -0.25) is 14.7 Å². The van der Waals surface area contributed by atoms with Crippen molar-refractivity contribution < 1.29 is 4.79 Å². The van der Waals surface area contributed by atoms with E-state index in [-0.39, 0.29) is 5.91 Å². The number of piperazine rings is 1. The first-order valence-electron chi connectivity index (χ1n) is 6.32. The molecule has 1 amide bonds. The molecule has 0 aliphatic carbocycles. The van der Waals surface area contributed by atoms with Gasteiger partial charge in [0.25, 0.3) is 0 Å². The molecule has 0 unspecified atom stereocenters. The lowest BCUT2D eigenvalue weighted by molar-refractivity contribution is -0.132. The molecule has 18 heavy (non-hydrogen) atoms. The summed E-state index contributed by atoms with van der Waals surface area (Å²) in [6, 6.07) is 5.84. The van der Waals surface area contributed by atoms with Crippen LogP contribution in [0.5, 0.6) is 0 Å². The summed E-state index contributed by atoms with van der Waals surface area (Å²) >= 11 is 0. The van der Waals surface area contributed by atoms with Crippen LogP contribution < -0.4 is 5.32 Å². The normalized spacial score (nSPS) is 16.0. The van der Waals surface area contributed by atoms with E-state index >= 15 is 0 Å². The average molecular weight is 248 g/mol. The molecule has 0 radical (unpaired) electrons. The molecular weight excluding hydrogens is 228 g/mol. The quantitative estimate of drug-likeness (QED) is 0.811. The minimum atomic E-state index is 0.204. The molecule has 0 saturated carbocycles. The number of nitrogens with zero attached hydrogens (tertiary/aromatic N) is 3. The lowest BCUT2D eigenvalue weighted by Crippen LogP contribution is -2.49. The molecule has 1 aliphatic rings. The Morgan fingerprint density at radius 2 is 2.22 bits per heavy atom. The third-order valence-corrected chi connectivity index (χ3v) is 3.03. The summed E-state index contributed by atoms with van der Waals surface area (Å²) in [6.45, 7) is 4.59. The van der Waals surface area contributed by atoms with Gasteiger partial charge < -0.3 is 10.2 Å². The maximum absolute atomic E-state index is 12.0. The topological polar surface area (TPSA) is 48.5 Å². The number of pyridine rings is 1. The first kappa shape index (κ1) is 13.0. The summed E-state index contributed by atoms with van der Waals surface area (Å²) in [4.78, 5) is 20.2. The lowest BCUT2D eigenvalue weighted by Gasteiger charge is -2.29. The van der Waals surface area contributed by atoms with E-state index < -0.39 is 0 Å². The molecule has 1 N–H and O–H groups in total. The van der Waals surface area contributed by atoms with E-state index in [0.717, 1.165) is 31.9 Å². The standard InChI is InChI=1S/C13H20N4O/c1-16(10-12-4-2-3-5-15-12)11-13(18)17-8-6-14-7-9-17/h2-5,14H,6-11H2,1H3. The van der Waals surface area contributed by atoms with Crippen molar-refractivity contribution in [3.63, 3.8) is 0 Å². The van der Waals surface area contributed by atoms with E-state index in [2.05, 4.69) is 10.3 Å². The summed E-state index contributed by atoms with van der Waals surface area (Å²) in [5, 5.41) is 3.25. The molecule has 5 heteroatoms. The third kappa shape index (κ3) is 3.78. The van der Waals surface area contributed by atoms with E-state index in [1.807, 2.05) is 35.0 Å². The summed E-state index contributed by atoms with van der Waals surface area (Å²) in [5.41, 5.74) is 0.994. The molecule has 98 valence electrons. The van der Waals surface area contributed by atoms with Crippen molar-refractivity contribution >= 4 is 5.91 Å². The van der Waals surface area contributed by atoms with Gasteiger partial charge >= 0.3 is 0 Å². The molecule has 0 bridgehead atoms. The van der Waals surface area contributed by atoms with Crippen LogP contribution in [0.15, 0.2) is 24.4 Å². The number of amides is 1. The number of likely N-dealkylation sites (N-methyl/N-ethyl adjacent to an activating group) is 1. The average Bonchev–Trinajstić information content (AvgIpc) is 2.40. The van der Waals surface area contributed by atoms with Crippen molar-refractivity contribution in [2.24, 2.45) is 0 Å². The van der Waals surface area contributed by atoms with Gasteiger partial charge in [-0.25, -0.2) is 0 Å². The Morgan fingerprint density at radius 3 is 2.89 bits per heavy atom. The molecule has 0 aromatic carbocycles. The van der Waals surface area contributed by atoms with E-state index in [1.165, 1.54) is 0 Å². The van der Waals surface area contributed by atoms with Crippen LogP contribution in [0.4, 0.5) is 0 Å². The predicted molar refractivity (Wildman–Crippen MR) is 70.0 cm³/mol. The van der Waals surface area contributed by atoms with Crippen LogP contribution in [-0.4, -0.2) is 60.5 Å². The lowest BCUT2D eigenvalue weighted by atomic mass is 10.3. The van der Waals surface area contributed by atoms with Gasteiger partial charge in [0.15, 0.2) is 0 Å². The number of hydrogen-bond donors (Lipinski definition) is 1. The molecule has 0 atom stereocenters. The van der Waals surface area contributed by atoms with Crippen LogP contribution in [0.2, 0.25) is 0 Å². The number of carbonyl (C=O) groups is 1. The Bertz CT molecular complexity index is 376. The second kappa shape index (κ2) is 6.47. The van der Waals surface area contributed by atoms with Gasteiger partial charge in [0, 0.05) is 38.9 Å². The first-order valence-corrected chi connectivity index (χ1v) is 6.32. The molecule has 0 spiro atoms. The number of nitrogens with one attached hydrogen (secondary N) is 1.